The van der Waals surface area contributed by atoms with Gasteiger partial charge in [-0.1, -0.05) is 55.5 Å². The number of benzene rings is 2. The molecule has 0 aliphatic carbocycles. The molecule has 2 heterocycles. The molecule has 0 saturated heterocycles. The predicted molar refractivity (Wildman–Crippen MR) is 111 cm³/mol. The Hall–Kier alpha value is -3.53. The van der Waals surface area contributed by atoms with Gasteiger partial charge in [0.2, 0.25) is 5.82 Å². The van der Waals surface area contributed by atoms with Gasteiger partial charge in [0, 0.05) is 18.5 Å². The Morgan fingerprint density at radius 3 is 2.34 bits per heavy atom. The normalized spacial score (nSPS) is 11.8. The number of hydrogen-bond donors (Lipinski definition) is 2. The second kappa shape index (κ2) is 8.91. The number of halogens is 3. The van der Waals surface area contributed by atoms with Crippen LogP contribution in [0.1, 0.15) is 36.1 Å². The van der Waals surface area contributed by atoms with Crippen molar-refractivity contribution in [2.24, 2.45) is 0 Å². The molecule has 4 rings (SSSR count). The molecule has 2 aromatic carbocycles. The number of aromatic nitrogens is 6. The van der Waals surface area contributed by atoms with Gasteiger partial charge in [0.05, 0.1) is 12.3 Å². The van der Waals surface area contributed by atoms with Crippen LogP contribution >= 0.6 is 0 Å². The van der Waals surface area contributed by atoms with Crippen molar-refractivity contribution < 1.29 is 18.3 Å². The molecule has 0 fully saturated rings. The summed E-state index contributed by atoms with van der Waals surface area (Å²) in [6, 6.07) is 15.1. The molecule has 10 heteroatoms. The zero-order valence-corrected chi connectivity index (χ0v) is 17.3. The van der Waals surface area contributed by atoms with Gasteiger partial charge in [0.15, 0.2) is 5.69 Å². The van der Waals surface area contributed by atoms with Crippen molar-refractivity contribution in [3.63, 3.8) is 0 Å². The summed E-state index contributed by atoms with van der Waals surface area (Å²) in [6.45, 7) is 1.32. The number of aryl methyl sites for hydroxylation is 1. The Morgan fingerprint density at radius 1 is 1.03 bits per heavy atom. The summed E-state index contributed by atoms with van der Waals surface area (Å²) in [7, 11) is 0. The van der Waals surface area contributed by atoms with Crippen LogP contribution in [0.15, 0.2) is 48.5 Å². The Kier molecular flexibility index (Phi) is 6.04. The summed E-state index contributed by atoms with van der Waals surface area (Å²) in [5, 5.41) is 23.8. The first kappa shape index (κ1) is 21.7. The molecular formula is C22H21F3N6O. The van der Waals surface area contributed by atoms with Crippen LogP contribution < -0.4 is 0 Å². The van der Waals surface area contributed by atoms with Gasteiger partial charge in [-0.15, -0.1) is 10.2 Å². The van der Waals surface area contributed by atoms with Crippen molar-refractivity contribution in [3.8, 4) is 22.5 Å². The third kappa shape index (κ3) is 4.26. The summed E-state index contributed by atoms with van der Waals surface area (Å²) in [6.07, 6.45) is -3.58. The number of nitrogens with zero attached hydrogens (tertiary/aromatic N) is 5. The monoisotopic (exact) mass is 442 g/mol. The zero-order valence-electron chi connectivity index (χ0n) is 17.3. The lowest BCUT2D eigenvalue weighted by Crippen LogP contribution is -2.13. The number of alkyl halides is 3. The van der Waals surface area contributed by atoms with Crippen molar-refractivity contribution in [2.45, 2.75) is 39.1 Å². The van der Waals surface area contributed by atoms with Gasteiger partial charge in [0.1, 0.15) is 5.82 Å². The van der Waals surface area contributed by atoms with Gasteiger partial charge in [-0.2, -0.15) is 18.4 Å². The summed E-state index contributed by atoms with van der Waals surface area (Å²) in [5.74, 6) is 0.787. The number of nitrogens with one attached hydrogen (secondary N) is 1. The van der Waals surface area contributed by atoms with E-state index in [1.54, 1.807) is 0 Å². The van der Waals surface area contributed by atoms with E-state index in [0.717, 1.165) is 22.3 Å². The highest BCUT2D eigenvalue weighted by molar-refractivity contribution is 5.80. The van der Waals surface area contributed by atoms with Crippen LogP contribution in [-0.2, 0) is 25.7 Å². The number of rotatable bonds is 7. The lowest BCUT2D eigenvalue weighted by Gasteiger charge is -2.13. The lowest BCUT2D eigenvalue weighted by molar-refractivity contribution is -0.142. The van der Waals surface area contributed by atoms with Crippen LogP contribution in [-0.4, -0.2) is 35.3 Å². The molecule has 166 valence electrons. The van der Waals surface area contributed by atoms with Crippen LogP contribution in [0.2, 0.25) is 0 Å². The number of aromatic amines is 1. The van der Waals surface area contributed by atoms with Crippen LogP contribution in [0, 0.1) is 0 Å². The maximum atomic E-state index is 13.4. The van der Waals surface area contributed by atoms with Crippen molar-refractivity contribution in [2.75, 3.05) is 0 Å². The number of H-pyrrole nitrogens is 1. The summed E-state index contributed by atoms with van der Waals surface area (Å²) >= 11 is 0. The minimum absolute atomic E-state index is 0.182. The topological polar surface area (TPSA) is 92.5 Å². The lowest BCUT2D eigenvalue weighted by atomic mass is 9.98. The number of hydrogen-bond acceptors (Lipinski definition) is 5. The minimum Gasteiger partial charge on any atom is -0.390 e. The standard InChI is InChI=1S/C22H21F3N6O/c1-2-5-19-26-20(22(23,24)25)18(13-32)31(19)12-14-8-10-15(11-9-14)16-6-3-4-7-17(16)21-27-29-30-28-21/h3-4,6-11,32H,2,5,12-13H2,1H3,(H,27,28,29,30). The third-order valence-corrected chi connectivity index (χ3v) is 5.16. The van der Waals surface area contributed by atoms with E-state index in [4.69, 9.17) is 0 Å². The van der Waals surface area contributed by atoms with E-state index in [9.17, 15) is 18.3 Å². The molecule has 2 N–H and O–H groups in total. The average molecular weight is 442 g/mol. The van der Waals surface area contributed by atoms with E-state index in [2.05, 4.69) is 25.6 Å². The third-order valence-electron chi connectivity index (χ3n) is 5.16. The number of imidazole rings is 1. The SMILES string of the molecule is CCCc1nc(C(F)(F)F)c(CO)n1Cc1ccc(-c2ccccc2-c2nn[nH]n2)cc1. The van der Waals surface area contributed by atoms with E-state index in [1.807, 2.05) is 55.5 Å². The van der Waals surface area contributed by atoms with E-state index in [1.165, 1.54) is 4.57 Å². The van der Waals surface area contributed by atoms with Gasteiger partial charge < -0.3 is 9.67 Å². The van der Waals surface area contributed by atoms with Crippen molar-refractivity contribution in [1.29, 1.82) is 0 Å². The number of aliphatic hydroxyl groups excluding tert-OH is 1. The number of aliphatic hydroxyl groups is 1. The van der Waals surface area contributed by atoms with Crippen LogP contribution in [0.4, 0.5) is 13.2 Å². The predicted octanol–water partition coefficient (Wildman–Crippen LogP) is 4.24. The smallest absolute Gasteiger partial charge is 0.390 e. The number of tetrazole rings is 1. The van der Waals surface area contributed by atoms with Crippen molar-refractivity contribution in [3.05, 3.63) is 71.3 Å². The summed E-state index contributed by atoms with van der Waals surface area (Å²) < 4.78 is 41.7. The molecule has 0 saturated carbocycles. The molecule has 0 unspecified atom stereocenters. The Morgan fingerprint density at radius 2 is 1.75 bits per heavy atom. The molecule has 0 bridgehead atoms. The highest BCUT2D eigenvalue weighted by Gasteiger charge is 2.38. The minimum atomic E-state index is -4.62. The Labute approximate surface area is 181 Å². The molecule has 0 spiro atoms. The molecule has 0 amide bonds. The molecule has 4 aromatic rings. The Balaban J connectivity index is 1.67. The van der Waals surface area contributed by atoms with E-state index in [0.29, 0.717) is 24.5 Å². The van der Waals surface area contributed by atoms with E-state index >= 15 is 0 Å². The molecule has 0 aliphatic rings. The largest absolute Gasteiger partial charge is 0.435 e. The molecule has 0 atom stereocenters. The highest BCUT2D eigenvalue weighted by Crippen LogP contribution is 2.33. The van der Waals surface area contributed by atoms with Gasteiger partial charge in [-0.3, -0.25) is 0 Å². The summed E-state index contributed by atoms with van der Waals surface area (Å²) in [5.41, 5.74) is 2.19. The fourth-order valence-electron chi connectivity index (χ4n) is 3.70. The quantitative estimate of drug-likeness (QED) is 0.447. The van der Waals surface area contributed by atoms with Crippen LogP contribution in [0.5, 0.6) is 0 Å². The molecule has 32 heavy (non-hydrogen) atoms. The zero-order chi connectivity index (χ0) is 22.7. The second-order valence-corrected chi connectivity index (χ2v) is 7.29. The van der Waals surface area contributed by atoms with Crippen LogP contribution in [0.25, 0.3) is 22.5 Å². The first-order valence-corrected chi connectivity index (χ1v) is 10.1. The first-order valence-electron chi connectivity index (χ1n) is 10.1. The second-order valence-electron chi connectivity index (χ2n) is 7.29. The molecule has 7 nitrogen and oxygen atoms in total. The molecule has 2 aromatic heterocycles. The molecule has 0 aliphatic heterocycles. The van der Waals surface area contributed by atoms with Gasteiger partial charge in [-0.25, -0.2) is 4.98 Å². The maximum absolute atomic E-state index is 13.4. The molecular weight excluding hydrogens is 421 g/mol. The fourth-order valence-corrected chi connectivity index (χ4v) is 3.70. The first-order chi connectivity index (χ1) is 15.4. The van der Waals surface area contributed by atoms with Crippen molar-refractivity contribution >= 4 is 0 Å². The van der Waals surface area contributed by atoms with Gasteiger partial charge >= 0.3 is 6.18 Å². The van der Waals surface area contributed by atoms with E-state index in [-0.39, 0.29) is 12.2 Å². The van der Waals surface area contributed by atoms with Crippen molar-refractivity contribution in [1.82, 2.24) is 30.2 Å². The van der Waals surface area contributed by atoms with Gasteiger partial charge in [0.25, 0.3) is 0 Å². The maximum Gasteiger partial charge on any atom is 0.435 e. The average Bonchev–Trinajstić information content (AvgIpc) is 3.43. The van der Waals surface area contributed by atoms with Crippen LogP contribution in [0.3, 0.4) is 0 Å². The molecule has 0 radical (unpaired) electrons. The van der Waals surface area contributed by atoms with E-state index < -0.39 is 18.5 Å². The van der Waals surface area contributed by atoms with Gasteiger partial charge in [-0.05, 0) is 28.3 Å². The fraction of sp³-hybridized carbons (Fsp3) is 0.273. The summed E-state index contributed by atoms with van der Waals surface area (Å²) in [4.78, 5) is 3.80. The highest BCUT2D eigenvalue weighted by atomic mass is 19.4. The Bertz CT molecular complexity index is 1180.